The number of hydrogen-bond donors (Lipinski definition) is 2. The molecule has 0 aliphatic rings. The summed E-state index contributed by atoms with van der Waals surface area (Å²) in [6.45, 7) is 1.61. The van der Waals surface area contributed by atoms with Gasteiger partial charge in [0.2, 0.25) is 0 Å². The second kappa shape index (κ2) is 15.1. The summed E-state index contributed by atoms with van der Waals surface area (Å²) in [5.74, 6) is 4.78. The van der Waals surface area contributed by atoms with Crippen LogP contribution in [0.15, 0.2) is 0 Å². The Morgan fingerprint density at radius 1 is 0.773 bits per heavy atom. The van der Waals surface area contributed by atoms with Crippen molar-refractivity contribution in [2.75, 3.05) is 26.3 Å². The van der Waals surface area contributed by atoms with E-state index in [0.29, 0.717) is 25.9 Å². The monoisotopic (exact) mass is 308 g/mol. The third kappa shape index (κ3) is 14.1. The maximum absolute atomic E-state index is 11.2. The van der Waals surface area contributed by atoms with Crippen molar-refractivity contribution in [2.45, 2.75) is 38.5 Å². The minimum Gasteiger partial charge on any atom is -0.449 e. The molecule has 0 rings (SSSR count). The lowest BCUT2D eigenvalue weighted by Crippen LogP contribution is -2.26. The van der Waals surface area contributed by atoms with Crippen molar-refractivity contribution in [3.8, 4) is 24.7 Å². The highest BCUT2D eigenvalue weighted by molar-refractivity contribution is 5.67. The zero-order chi connectivity index (χ0) is 16.5. The predicted octanol–water partition coefficient (Wildman–Crippen LogP) is 2.05. The van der Waals surface area contributed by atoms with Gasteiger partial charge in [0.25, 0.3) is 0 Å². The van der Waals surface area contributed by atoms with E-state index in [1.54, 1.807) is 0 Å². The van der Waals surface area contributed by atoms with E-state index in [-0.39, 0.29) is 13.2 Å². The molecule has 0 aromatic heterocycles. The van der Waals surface area contributed by atoms with E-state index < -0.39 is 12.2 Å². The molecule has 0 atom stereocenters. The van der Waals surface area contributed by atoms with Gasteiger partial charge in [-0.3, -0.25) is 0 Å². The van der Waals surface area contributed by atoms with Gasteiger partial charge in [-0.2, -0.15) is 0 Å². The molecule has 0 radical (unpaired) electrons. The number of alkyl carbamates (subject to hydrolysis) is 2. The maximum Gasteiger partial charge on any atom is 0.407 e. The maximum atomic E-state index is 11.2. The molecule has 0 aliphatic heterocycles. The van der Waals surface area contributed by atoms with Gasteiger partial charge in [-0.05, 0) is 12.8 Å². The zero-order valence-corrected chi connectivity index (χ0v) is 12.9. The van der Waals surface area contributed by atoms with Gasteiger partial charge >= 0.3 is 12.2 Å². The number of nitrogens with one attached hydrogen (secondary N) is 2. The van der Waals surface area contributed by atoms with E-state index in [1.807, 2.05) is 0 Å². The molecule has 122 valence electrons. The molecule has 22 heavy (non-hydrogen) atoms. The van der Waals surface area contributed by atoms with Crippen molar-refractivity contribution in [3.05, 3.63) is 0 Å². The van der Waals surface area contributed by atoms with Gasteiger partial charge in [-0.1, -0.05) is 12.8 Å². The summed E-state index contributed by atoms with van der Waals surface area (Å²) in [7, 11) is 0. The van der Waals surface area contributed by atoms with Crippen LogP contribution < -0.4 is 10.6 Å². The van der Waals surface area contributed by atoms with Gasteiger partial charge in [-0.25, -0.2) is 9.59 Å². The number of amides is 2. The summed E-state index contributed by atoms with van der Waals surface area (Å²) in [6.07, 6.45) is 13.7. The summed E-state index contributed by atoms with van der Waals surface area (Å²) in [6, 6.07) is 0. The number of carbonyl (C=O) groups excluding carboxylic acids is 2. The molecular formula is C16H24N2O4. The molecule has 2 N–H and O–H groups in total. The van der Waals surface area contributed by atoms with Gasteiger partial charge in [0.15, 0.2) is 0 Å². The molecule has 0 heterocycles. The first-order valence-corrected chi connectivity index (χ1v) is 7.39. The number of ether oxygens (including phenoxy) is 2. The van der Waals surface area contributed by atoms with Crippen LogP contribution in [0.5, 0.6) is 0 Å². The molecule has 6 heteroatoms. The Kier molecular flexibility index (Phi) is 13.5. The van der Waals surface area contributed by atoms with Crippen LogP contribution in [0.3, 0.4) is 0 Å². The number of terminal acetylenes is 2. The van der Waals surface area contributed by atoms with E-state index in [9.17, 15) is 9.59 Å². The fraction of sp³-hybridized carbons (Fsp3) is 0.625. The molecule has 0 fully saturated rings. The quantitative estimate of drug-likeness (QED) is 0.452. The Morgan fingerprint density at radius 2 is 1.18 bits per heavy atom. The van der Waals surface area contributed by atoms with E-state index in [4.69, 9.17) is 22.3 Å². The van der Waals surface area contributed by atoms with Crippen LogP contribution in [0.25, 0.3) is 0 Å². The average molecular weight is 308 g/mol. The normalized spacial score (nSPS) is 9.18. The van der Waals surface area contributed by atoms with Gasteiger partial charge in [-0.15, -0.1) is 24.7 Å². The second-order valence-electron chi connectivity index (χ2n) is 4.45. The van der Waals surface area contributed by atoms with E-state index >= 15 is 0 Å². The van der Waals surface area contributed by atoms with Gasteiger partial charge in [0.1, 0.15) is 13.2 Å². The first-order chi connectivity index (χ1) is 10.7. The largest absolute Gasteiger partial charge is 0.449 e. The number of rotatable bonds is 11. The minimum absolute atomic E-state index is 0.242. The summed E-state index contributed by atoms with van der Waals surface area (Å²) in [4.78, 5) is 22.3. The lowest BCUT2D eigenvalue weighted by atomic mass is 10.2. The van der Waals surface area contributed by atoms with Crippen LogP contribution in [-0.4, -0.2) is 38.5 Å². The van der Waals surface area contributed by atoms with Crippen LogP contribution >= 0.6 is 0 Å². The molecule has 2 amide bonds. The van der Waals surface area contributed by atoms with Crippen molar-refractivity contribution in [1.29, 1.82) is 0 Å². The van der Waals surface area contributed by atoms with Crippen LogP contribution in [0.4, 0.5) is 9.59 Å². The van der Waals surface area contributed by atoms with E-state index in [0.717, 1.165) is 25.7 Å². The Bertz CT molecular complexity index is 358. The Balaban J connectivity index is 3.27. The summed E-state index contributed by atoms with van der Waals surface area (Å²) < 4.78 is 9.66. The lowest BCUT2D eigenvalue weighted by Gasteiger charge is -2.07. The fourth-order valence-electron chi connectivity index (χ4n) is 1.49. The van der Waals surface area contributed by atoms with Crippen molar-refractivity contribution >= 4 is 12.2 Å². The third-order valence-electron chi connectivity index (χ3n) is 2.60. The van der Waals surface area contributed by atoms with E-state index in [2.05, 4.69) is 22.5 Å². The predicted molar refractivity (Wildman–Crippen MR) is 84.1 cm³/mol. The molecule has 0 bridgehead atoms. The lowest BCUT2D eigenvalue weighted by molar-refractivity contribution is 0.147. The fourth-order valence-corrected chi connectivity index (χ4v) is 1.49. The van der Waals surface area contributed by atoms with Gasteiger partial charge < -0.3 is 20.1 Å². The van der Waals surface area contributed by atoms with Crippen molar-refractivity contribution in [1.82, 2.24) is 10.6 Å². The molecule has 0 saturated heterocycles. The molecule has 0 aromatic rings. The minimum atomic E-state index is -0.438. The highest BCUT2D eigenvalue weighted by Crippen LogP contribution is 1.98. The molecule has 0 spiro atoms. The van der Waals surface area contributed by atoms with E-state index in [1.165, 1.54) is 0 Å². The third-order valence-corrected chi connectivity index (χ3v) is 2.60. The SMILES string of the molecule is C#CCCOC(=O)NCCCCCCNC(=O)OCCC#C. The molecule has 0 aliphatic carbocycles. The summed E-state index contributed by atoms with van der Waals surface area (Å²) in [5.41, 5.74) is 0. The average Bonchev–Trinajstić information content (AvgIpc) is 2.50. The number of hydrogen-bond acceptors (Lipinski definition) is 4. The highest BCUT2D eigenvalue weighted by atomic mass is 16.6. The first kappa shape index (κ1) is 19.7. The van der Waals surface area contributed by atoms with Crippen LogP contribution in [0.1, 0.15) is 38.5 Å². The van der Waals surface area contributed by atoms with Crippen LogP contribution in [0.2, 0.25) is 0 Å². The molecular weight excluding hydrogens is 284 g/mol. The summed E-state index contributed by atoms with van der Waals surface area (Å²) in [5, 5.41) is 5.29. The Labute approximate surface area is 132 Å². The van der Waals surface area contributed by atoms with Crippen LogP contribution in [0, 0.1) is 24.7 Å². The molecule has 6 nitrogen and oxygen atoms in total. The standard InChI is InChI=1S/C16H24N2O4/c1-3-5-13-21-15(19)17-11-9-7-8-10-12-18-16(20)22-14-6-4-2/h1-2H,5-14H2,(H,17,19)(H,18,20). The van der Waals surface area contributed by atoms with Gasteiger partial charge in [0.05, 0.1) is 0 Å². The van der Waals surface area contributed by atoms with Crippen molar-refractivity contribution in [2.24, 2.45) is 0 Å². The zero-order valence-electron chi connectivity index (χ0n) is 12.9. The van der Waals surface area contributed by atoms with Crippen molar-refractivity contribution < 1.29 is 19.1 Å². The van der Waals surface area contributed by atoms with Crippen molar-refractivity contribution in [3.63, 3.8) is 0 Å². The highest BCUT2D eigenvalue weighted by Gasteiger charge is 2.01. The van der Waals surface area contributed by atoms with Gasteiger partial charge in [0, 0.05) is 25.9 Å². The Hall–Kier alpha value is -2.34. The number of unbranched alkanes of at least 4 members (excludes halogenated alkanes) is 3. The molecule has 0 aromatic carbocycles. The number of carbonyl (C=O) groups is 2. The van der Waals surface area contributed by atoms with Crippen LogP contribution in [-0.2, 0) is 9.47 Å². The second-order valence-corrected chi connectivity index (χ2v) is 4.45. The first-order valence-electron chi connectivity index (χ1n) is 7.39. The smallest absolute Gasteiger partial charge is 0.407 e. The Morgan fingerprint density at radius 3 is 1.55 bits per heavy atom. The summed E-state index contributed by atoms with van der Waals surface area (Å²) >= 11 is 0. The topological polar surface area (TPSA) is 76.7 Å². The molecule has 0 saturated carbocycles. The molecule has 0 unspecified atom stereocenters.